The summed E-state index contributed by atoms with van der Waals surface area (Å²) in [6, 6.07) is 15.9. The van der Waals surface area contributed by atoms with Gasteiger partial charge in [-0.2, -0.15) is 0 Å². The summed E-state index contributed by atoms with van der Waals surface area (Å²) in [5.41, 5.74) is 2.04. The first kappa shape index (κ1) is 18.0. The number of hydrogen-bond acceptors (Lipinski definition) is 3. The second-order valence-corrected chi connectivity index (χ2v) is 7.38. The molecule has 5 heteroatoms. The third-order valence-electron chi connectivity index (χ3n) is 4.39. The second kappa shape index (κ2) is 8.02. The molecule has 0 aromatic heterocycles. The van der Waals surface area contributed by atoms with Crippen molar-refractivity contribution in [1.82, 2.24) is 10.2 Å². The van der Waals surface area contributed by atoms with Crippen molar-refractivity contribution in [1.29, 1.82) is 0 Å². The van der Waals surface area contributed by atoms with Crippen LogP contribution in [0.1, 0.15) is 30.0 Å². The van der Waals surface area contributed by atoms with Crippen LogP contribution in [0.25, 0.3) is 0 Å². The Morgan fingerprint density at radius 3 is 2.64 bits per heavy atom. The number of methoxy groups -OCH3 is 1. The van der Waals surface area contributed by atoms with E-state index in [2.05, 4.69) is 26.1 Å². The molecule has 4 nitrogen and oxygen atoms in total. The van der Waals surface area contributed by atoms with E-state index in [-0.39, 0.29) is 11.9 Å². The molecule has 3 rings (SSSR count). The highest BCUT2D eigenvalue weighted by Gasteiger charge is 2.31. The van der Waals surface area contributed by atoms with Crippen molar-refractivity contribution >= 4 is 21.8 Å². The van der Waals surface area contributed by atoms with Crippen LogP contribution >= 0.6 is 15.9 Å². The SMILES string of the molecule is COc1ccc(Br)cc1CN(C)[C@@H](C(=O)NC1CC1)c1ccccc1. The lowest BCUT2D eigenvalue weighted by Gasteiger charge is -2.28. The molecule has 0 heterocycles. The molecule has 0 spiro atoms. The summed E-state index contributed by atoms with van der Waals surface area (Å²) < 4.78 is 6.47. The Morgan fingerprint density at radius 1 is 1.28 bits per heavy atom. The Labute approximate surface area is 157 Å². The van der Waals surface area contributed by atoms with Gasteiger partial charge in [-0.05, 0) is 43.7 Å². The van der Waals surface area contributed by atoms with Gasteiger partial charge in [0.25, 0.3) is 0 Å². The molecule has 0 unspecified atom stereocenters. The van der Waals surface area contributed by atoms with E-state index in [0.29, 0.717) is 12.6 Å². The topological polar surface area (TPSA) is 41.6 Å². The average molecular weight is 403 g/mol. The first-order valence-corrected chi connectivity index (χ1v) is 9.25. The van der Waals surface area contributed by atoms with E-state index in [1.54, 1.807) is 7.11 Å². The van der Waals surface area contributed by atoms with Gasteiger partial charge in [0.15, 0.2) is 0 Å². The number of nitrogens with zero attached hydrogens (tertiary/aromatic N) is 1. The summed E-state index contributed by atoms with van der Waals surface area (Å²) in [5, 5.41) is 3.14. The van der Waals surface area contributed by atoms with Crippen LogP contribution in [-0.4, -0.2) is 31.0 Å². The van der Waals surface area contributed by atoms with E-state index >= 15 is 0 Å². The molecule has 2 aromatic carbocycles. The molecule has 0 aliphatic heterocycles. The lowest BCUT2D eigenvalue weighted by atomic mass is 10.0. The number of rotatable bonds is 7. The molecule has 0 radical (unpaired) electrons. The number of carbonyl (C=O) groups is 1. The van der Waals surface area contributed by atoms with Crippen LogP contribution in [0.2, 0.25) is 0 Å². The van der Waals surface area contributed by atoms with Gasteiger partial charge in [-0.15, -0.1) is 0 Å². The van der Waals surface area contributed by atoms with Gasteiger partial charge in [0.1, 0.15) is 11.8 Å². The number of ether oxygens (including phenoxy) is 1. The summed E-state index contributed by atoms with van der Waals surface area (Å²) in [5.74, 6) is 0.884. The van der Waals surface area contributed by atoms with E-state index in [4.69, 9.17) is 4.74 Å². The minimum atomic E-state index is -0.328. The predicted octanol–water partition coefficient (Wildman–Crippen LogP) is 3.91. The van der Waals surface area contributed by atoms with Crippen molar-refractivity contribution in [2.45, 2.75) is 31.5 Å². The van der Waals surface area contributed by atoms with Crippen LogP contribution < -0.4 is 10.1 Å². The largest absolute Gasteiger partial charge is 0.496 e. The fourth-order valence-electron chi connectivity index (χ4n) is 2.98. The van der Waals surface area contributed by atoms with Crippen molar-refractivity contribution in [3.63, 3.8) is 0 Å². The summed E-state index contributed by atoms with van der Waals surface area (Å²) in [7, 11) is 3.64. The molecule has 0 bridgehead atoms. The van der Waals surface area contributed by atoms with Gasteiger partial charge in [0.2, 0.25) is 5.91 Å². The minimum absolute atomic E-state index is 0.0603. The molecular weight excluding hydrogens is 380 g/mol. The maximum atomic E-state index is 12.9. The molecule has 1 aliphatic rings. The Balaban J connectivity index is 1.84. The molecule has 132 valence electrons. The lowest BCUT2D eigenvalue weighted by Crippen LogP contribution is -2.39. The zero-order valence-corrected chi connectivity index (χ0v) is 16.1. The Morgan fingerprint density at radius 2 is 2.00 bits per heavy atom. The minimum Gasteiger partial charge on any atom is -0.496 e. The van der Waals surface area contributed by atoms with Crippen molar-refractivity contribution < 1.29 is 9.53 Å². The standard InChI is InChI=1S/C20H23BrN2O2/c1-23(13-15-12-16(21)8-11-18(15)25-2)19(14-6-4-3-5-7-14)20(24)22-17-9-10-17/h3-8,11-12,17,19H,9-10,13H2,1-2H3,(H,22,24)/t19-/m1/s1. The molecule has 1 aliphatic carbocycles. The molecule has 1 fully saturated rings. The molecule has 1 saturated carbocycles. The van der Waals surface area contributed by atoms with Crippen LogP contribution in [0, 0.1) is 0 Å². The van der Waals surface area contributed by atoms with E-state index in [0.717, 1.165) is 34.2 Å². The van der Waals surface area contributed by atoms with Gasteiger partial charge < -0.3 is 10.1 Å². The summed E-state index contributed by atoms with van der Waals surface area (Å²) >= 11 is 3.51. The molecule has 1 N–H and O–H groups in total. The number of likely N-dealkylation sites (N-methyl/N-ethyl adjacent to an activating group) is 1. The fraction of sp³-hybridized carbons (Fsp3) is 0.350. The molecular formula is C20H23BrN2O2. The van der Waals surface area contributed by atoms with Gasteiger partial charge in [-0.1, -0.05) is 46.3 Å². The summed E-state index contributed by atoms with van der Waals surface area (Å²) in [4.78, 5) is 14.9. The highest BCUT2D eigenvalue weighted by molar-refractivity contribution is 9.10. The van der Waals surface area contributed by atoms with Crippen LogP contribution in [-0.2, 0) is 11.3 Å². The third kappa shape index (κ3) is 4.61. The van der Waals surface area contributed by atoms with Gasteiger partial charge in [-0.3, -0.25) is 9.69 Å². The summed E-state index contributed by atoms with van der Waals surface area (Å²) in [6.45, 7) is 0.611. The van der Waals surface area contributed by atoms with Crippen LogP contribution in [0.3, 0.4) is 0 Å². The van der Waals surface area contributed by atoms with E-state index in [1.165, 1.54) is 0 Å². The van der Waals surface area contributed by atoms with E-state index in [1.807, 2.05) is 55.6 Å². The zero-order valence-electron chi connectivity index (χ0n) is 14.5. The first-order chi connectivity index (χ1) is 12.1. The highest BCUT2D eigenvalue weighted by atomic mass is 79.9. The molecule has 2 aromatic rings. The number of halogens is 1. The van der Waals surface area contributed by atoms with E-state index < -0.39 is 0 Å². The van der Waals surface area contributed by atoms with Gasteiger partial charge >= 0.3 is 0 Å². The maximum absolute atomic E-state index is 12.9. The van der Waals surface area contributed by atoms with Crippen molar-refractivity contribution in [3.05, 3.63) is 64.1 Å². The molecule has 1 atom stereocenters. The highest BCUT2D eigenvalue weighted by Crippen LogP contribution is 2.29. The fourth-order valence-corrected chi connectivity index (χ4v) is 3.39. The van der Waals surface area contributed by atoms with Crippen molar-refractivity contribution in [3.8, 4) is 5.75 Å². The van der Waals surface area contributed by atoms with Gasteiger partial charge in [-0.25, -0.2) is 0 Å². The first-order valence-electron chi connectivity index (χ1n) is 8.46. The third-order valence-corrected chi connectivity index (χ3v) is 4.88. The average Bonchev–Trinajstić information content (AvgIpc) is 3.40. The number of amides is 1. The monoisotopic (exact) mass is 402 g/mol. The number of nitrogens with one attached hydrogen (secondary N) is 1. The Hall–Kier alpha value is -1.85. The molecule has 0 saturated heterocycles. The Kier molecular flexibility index (Phi) is 5.76. The van der Waals surface area contributed by atoms with Crippen LogP contribution in [0.15, 0.2) is 53.0 Å². The molecule has 1 amide bonds. The van der Waals surface area contributed by atoms with E-state index in [9.17, 15) is 4.79 Å². The van der Waals surface area contributed by atoms with Crippen molar-refractivity contribution in [2.24, 2.45) is 0 Å². The second-order valence-electron chi connectivity index (χ2n) is 6.47. The van der Waals surface area contributed by atoms with Crippen LogP contribution in [0.4, 0.5) is 0 Å². The predicted molar refractivity (Wildman–Crippen MR) is 103 cm³/mol. The van der Waals surface area contributed by atoms with Gasteiger partial charge in [0.05, 0.1) is 7.11 Å². The number of benzene rings is 2. The molecule has 25 heavy (non-hydrogen) atoms. The maximum Gasteiger partial charge on any atom is 0.242 e. The van der Waals surface area contributed by atoms with Crippen molar-refractivity contribution in [2.75, 3.05) is 14.2 Å². The Bertz CT molecular complexity index is 732. The smallest absolute Gasteiger partial charge is 0.242 e. The lowest BCUT2D eigenvalue weighted by molar-refractivity contribution is -0.126. The summed E-state index contributed by atoms with van der Waals surface area (Å²) in [6.07, 6.45) is 2.16. The number of carbonyl (C=O) groups excluding carboxylic acids is 1. The normalized spacial score (nSPS) is 15.0. The number of hydrogen-bond donors (Lipinski definition) is 1. The zero-order chi connectivity index (χ0) is 17.8. The van der Waals surface area contributed by atoms with Gasteiger partial charge in [0, 0.05) is 22.6 Å². The van der Waals surface area contributed by atoms with Crippen LogP contribution in [0.5, 0.6) is 5.75 Å². The quantitative estimate of drug-likeness (QED) is 0.762.